The fraction of sp³-hybridized carbons (Fsp3) is 0.278. The maximum atomic E-state index is 13.8. The third-order valence-electron chi connectivity index (χ3n) is 4.56. The zero-order valence-corrected chi connectivity index (χ0v) is 12.7. The summed E-state index contributed by atoms with van der Waals surface area (Å²) in [6.45, 7) is 1.47. The number of imidazole rings is 1. The highest BCUT2D eigenvalue weighted by atomic mass is 19.1. The lowest BCUT2D eigenvalue weighted by Gasteiger charge is -2.35. The molecule has 118 valence electrons. The molecule has 3 aromatic rings. The van der Waals surface area contributed by atoms with Crippen LogP contribution in [0.2, 0.25) is 0 Å². The van der Waals surface area contributed by atoms with E-state index in [-0.39, 0.29) is 18.5 Å². The molecule has 23 heavy (non-hydrogen) atoms. The van der Waals surface area contributed by atoms with Gasteiger partial charge in [0.15, 0.2) is 5.82 Å². The average molecular weight is 311 g/mol. The van der Waals surface area contributed by atoms with Crippen molar-refractivity contribution >= 4 is 11.0 Å². The third kappa shape index (κ3) is 2.52. The van der Waals surface area contributed by atoms with Gasteiger partial charge >= 0.3 is 0 Å². The molecule has 0 radical (unpaired) electrons. The van der Waals surface area contributed by atoms with Crippen LogP contribution >= 0.6 is 0 Å². The van der Waals surface area contributed by atoms with E-state index >= 15 is 0 Å². The minimum atomic E-state index is -0.312. The summed E-state index contributed by atoms with van der Waals surface area (Å²) in [5.41, 5.74) is 3.54. The van der Waals surface area contributed by atoms with E-state index in [1.807, 2.05) is 18.2 Å². The highest BCUT2D eigenvalue weighted by molar-refractivity contribution is 5.75. The predicted octanol–water partition coefficient (Wildman–Crippen LogP) is 2.79. The summed E-state index contributed by atoms with van der Waals surface area (Å²) in [7, 11) is 0. The number of benzene rings is 2. The van der Waals surface area contributed by atoms with Crippen LogP contribution in [0.4, 0.5) is 4.39 Å². The normalized spacial score (nSPS) is 18.3. The van der Waals surface area contributed by atoms with E-state index in [2.05, 4.69) is 27.0 Å². The van der Waals surface area contributed by atoms with E-state index in [1.165, 1.54) is 17.2 Å². The summed E-state index contributed by atoms with van der Waals surface area (Å²) in [5, 5.41) is 9.84. The molecule has 2 N–H and O–H groups in total. The number of H-pyrrole nitrogens is 1. The minimum absolute atomic E-state index is 0.0435. The number of halogens is 1. The lowest BCUT2D eigenvalue weighted by atomic mass is 9.93. The van der Waals surface area contributed by atoms with Gasteiger partial charge in [0.25, 0.3) is 0 Å². The van der Waals surface area contributed by atoms with Gasteiger partial charge in [-0.3, -0.25) is 4.90 Å². The first-order valence-corrected chi connectivity index (χ1v) is 7.82. The molecule has 0 amide bonds. The molecule has 0 bridgehead atoms. The van der Waals surface area contributed by atoms with E-state index < -0.39 is 0 Å². The summed E-state index contributed by atoms with van der Waals surface area (Å²) in [6.07, 6.45) is 0.946. The molecule has 1 unspecified atom stereocenters. The molecule has 4 rings (SSSR count). The molecule has 5 heteroatoms. The molecule has 1 aliphatic rings. The molecule has 0 saturated heterocycles. The Kier molecular flexibility index (Phi) is 3.59. The Bertz CT molecular complexity index is 845. The predicted molar refractivity (Wildman–Crippen MR) is 86.4 cm³/mol. The summed E-state index contributed by atoms with van der Waals surface area (Å²) in [6, 6.07) is 13.1. The van der Waals surface area contributed by atoms with Gasteiger partial charge in [0, 0.05) is 6.54 Å². The van der Waals surface area contributed by atoms with Crippen molar-refractivity contribution in [3.8, 4) is 0 Å². The van der Waals surface area contributed by atoms with Gasteiger partial charge in [0.1, 0.15) is 11.3 Å². The van der Waals surface area contributed by atoms with Crippen molar-refractivity contribution in [2.45, 2.75) is 19.0 Å². The van der Waals surface area contributed by atoms with E-state index in [1.54, 1.807) is 6.07 Å². The second kappa shape index (κ2) is 5.76. The van der Waals surface area contributed by atoms with Crippen LogP contribution in [-0.4, -0.2) is 33.1 Å². The molecule has 2 aromatic carbocycles. The standard InChI is InChI=1S/C18H18FN3O/c19-14-6-3-7-15-18(14)21-17(20-15)10-22-9-8-12-4-1-2-5-13(12)16(22)11-23/h1-7,16,23H,8-11H2,(H,20,21). The van der Waals surface area contributed by atoms with Crippen molar-refractivity contribution in [1.29, 1.82) is 0 Å². The molecule has 0 fully saturated rings. The lowest BCUT2D eigenvalue weighted by Crippen LogP contribution is -2.37. The van der Waals surface area contributed by atoms with Gasteiger partial charge in [-0.2, -0.15) is 0 Å². The average Bonchev–Trinajstić information content (AvgIpc) is 2.99. The smallest absolute Gasteiger partial charge is 0.151 e. The Labute approximate surface area is 133 Å². The van der Waals surface area contributed by atoms with E-state index in [0.29, 0.717) is 17.6 Å². The molecule has 0 saturated carbocycles. The van der Waals surface area contributed by atoms with Crippen molar-refractivity contribution in [2.24, 2.45) is 0 Å². The van der Waals surface area contributed by atoms with E-state index in [4.69, 9.17) is 0 Å². The van der Waals surface area contributed by atoms with Crippen LogP contribution < -0.4 is 0 Å². The molecule has 0 spiro atoms. The molecule has 1 aliphatic heterocycles. The molecule has 0 aliphatic carbocycles. The number of fused-ring (bicyclic) bond motifs is 2. The monoisotopic (exact) mass is 311 g/mol. The molecule has 2 heterocycles. The topological polar surface area (TPSA) is 52.1 Å². The zero-order valence-electron chi connectivity index (χ0n) is 12.7. The van der Waals surface area contributed by atoms with Gasteiger partial charge < -0.3 is 10.1 Å². The minimum Gasteiger partial charge on any atom is -0.394 e. The summed E-state index contributed by atoms with van der Waals surface area (Å²) < 4.78 is 13.8. The number of nitrogens with one attached hydrogen (secondary N) is 1. The number of nitrogens with zero attached hydrogens (tertiary/aromatic N) is 2. The highest BCUT2D eigenvalue weighted by Gasteiger charge is 2.27. The van der Waals surface area contributed by atoms with Gasteiger partial charge in [-0.05, 0) is 29.7 Å². The van der Waals surface area contributed by atoms with E-state index in [0.717, 1.165) is 18.8 Å². The molecule has 4 nitrogen and oxygen atoms in total. The third-order valence-corrected chi connectivity index (χ3v) is 4.56. The van der Waals surface area contributed by atoms with Crippen molar-refractivity contribution in [3.63, 3.8) is 0 Å². The first kappa shape index (κ1) is 14.4. The van der Waals surface area contributed by atoms with Crippen LogP contribution in [0.1, 0.15) is 23.0 Å². The second-order valence-electron chi connectivity index (χ2n) is 5.94. The van der Waals surface area contributed by atoms with Gasteiger partial charge in [0.2, 0.25) is 0 Å². The Hall–Kier alpha value is -2.24. The summed E-state index contributed by atoms with van der Waals surface area (Å²) >= 11 is 0. The Morgan fingerprint density at radius 3 is 2.91 bits per heavy atom. The number of aromatic nitrogens is 2. The Morgan fingerprint density at radius 2 is 2.09 bits per heavy atom. The van der Waals surface area contributed by atoms with Gasteiger partial charge in [0.05, 0.1) is 24.7 Å². The summed E-state index contributed by atoms with van der Waals surface area (Å²) in [4.78, 5) is 9.75. The molecule has 1 atom stereocenters. The number of aliphatic hydroxyl groups excluding tert-OH is 1. The van der Waals surface area contributed by atoms with Crippen molar-refractivity contribution in [3.05, 3.63) is 65.2 Å². The Morgan fingerprint density at radius 1 is 1.22 bits per heavy atom. The zero-order chi connectivity index (χ0) is 15.8. The van der Waals surface area contributed by atoms with Crippen LogP contribution in [0.5, 0.6) is 0 Å². The van der Waals surface area contributed by atoms with Crippen LogP contribution in [0.3, 0.4) is 0 Å². The second-order valence-corrected chi connectivity index (χ2v) is 5.94. The van der Waals surface area contributed by atoms with Gasteiger partial charge in [-0.1, -0.05) is 30.3 Å². The number of hydrogen-bond acceptors (Lipinski definition) is 3. The maximum absolute atomic E-state index is 13.8. The van der Waals surface area contributed by atoms with Gasteiger partial charge in [-0.15, -0.1) is 0 Å². The van der Waals surface area contributed by atoms with Crippen LogP contribution in [0, 0.1) is 5.82 Å². The quantitative estimate of drug-likeness (QED) is 0.782. The van der Waals surface area contributed by atoms with Gasteiger partial charge in [-0.25, -0.2) is 9.37 Å². The summed E-state index contributed by atoms with van der Waals surface area (Å²) in [5.74, 6) is 0.413. The van der Waals surface area contributed by atoms with Crippen LogP contribution in [-0.2, 0) is 13.0 Å². The fourth-order valence-electron chi connectivity index (χ4n) is 3.42. The van der Waals surface area contributed by atoms with E-state index in [9.17, 15) is 9.50 Å². The lowest BCUT2D eigenvalue weighted by molar-refractivity contribution is 0.106. The van der Waals surface area contributed by atoms with Crippen molar-refractivity contribution in [2.75, 3.05) is 13.2 Å². The van der Waals surface area contributed by atoms with Crippen molar-refractivity contribution in [1.82, 2.24) is 14.9 Å². The number of rotatable bonds is 3. The van der Waals surface area contributed by atoms with Crippen molar-refractivity contribution < 1.29 is 9.50 Å². The van der Waals surface area contributed by atoms with Crippen LogP contribution in [0.15, 0.2) is 42.5 Å². The number of aromatic amines is 1. The Balaban J connectivity index is 1.64. The maximum Gasteiger partial charge on any atom is 0.151 e. The number of aliphatic hydroxyl groups is 1. The molecular formula is C18H18FN3O. The van der Waals surface area contributed by atoms with Crippen LogP contribution in [0.25, 0.3) is 11.0 Å². The number of hydrogen-bond donors (Lipinski definition) is 2. The first-order valence-electron chi connectivity index (χ1n) is 7.82. The largest absolute Gasteiger partial charge is 0.394 e. The first-order chi connectivity index (χ1) is 11.3. The SMILES string of the molecule is OCC1c2ccccc2CCN1Cc1nc2c(F)cccc2[nH]1. The molecule has 1 aromatic heterocycles. The highest BCUT2D eigenvalue weighted by Crippen LogP contribution is 2.30. The number of para-hydroxylation sites is 1. The molecular weight excluding hydrogens is 293 g/mol. The fourth-order valence-corrected chi connectivity index (χ4v) is 3.42.